The van der Waals surface area contributed by atoms with Crippen molar-refractivity contribution >= 4 is 5.69 Å². The quantitative estimate of drug-likeness (QED) is 0.900. The third-order valence-corrected chi connectivity index (χ3v) is 4.36. The summed E-state index contributed by atoms with van der Waals surface area (Å²) in [6.07, 6.45) is 2.26. The summed E-state index contributed by atoms with van der Waals surface area (Å²) in [6.45, 7) is 6.01. The molecule has 4 heteroatoms. The summed E-state index contributed by atoms with van der Waals surface area (Å²) < 4.78 is 5.22. The Labute approximate surface area is 118 Å². The van der Waals surface area contributed by atoms with Gasteiger partial charge >= 0.3 is 0 Å². The van der Waals surface area contributed by atoms with Crippen LogP contribution in [-0.4, -0.2) is 22.2 Å². The normalized spacial score (nSPS) is 24.2. The molecule has 1 heterocycles. The van der Waals surface area contributed by atoms with E-state index in [-0.39, 0.29) is 11.5 Å². The molecule has 0 radical (unpaired) electrons. The second-order valence-corrected chi connectivity index (χ2v) is 6.10. The third kappa shape index (κ3) is 2.20. The third-order valence-electron chi connectivity index (χ3n) is 4.36. The van der Waals surface area contributed by atoms with E-state index in [2.05, 4.69) is 24.1 Å². The Morgan fingerprint density at radius 3 is 2.50 bits per heavy atom. The molecule has 2 N–H and O–H groups in total. The van der Waals surface area contributed by atoms with Crippen LogP contribution in [0.5, 0.6) is 0 Å². The zero-order valence-corrected chi connectivity index (χ0v) is 12.1. The first kappa shape index (κ1) is 13.2. The molecule has 2 atom stereocenters. The maximum absolute atomic E-state index is 9.76. The summed E-state index contributed by atoms with van der Waals surface area (Å²) in [5.41, 5.74) is 2.90. The van der Waals surface area contributed by atoms with Crippen LogP contribution in [0.1, 0.15) is 26.2 Å². The van der Waals surface area contributed by atoms with Gasteiger partial charge in [-0.3, -0.25) is 0 Å². The molecule has 2 aromatic rings. The molecule has 0 bridgehead atoms. The highest BCUT2D eigenvalue weighted by Crippen LogP contribution is 2.42. The van der Waals surface area contributed by atoms with Gasteiger partial charge in [-0.05, 0) is 18.6 Å². The summed E-state index contributed by atoms with van der Waals surface area (Å²) >= 11 is 0. The van der Waals surface area contributed by atoms with Crippen molar-refractivity contribution in [2.24, 2.45) is 5.41 Å². The molecule has 1 aromatic heterocycles. The average molecular weight is 272 g/mol. The van der Waals surface area contributed by atoms with Crippen LogP contribution in [0.4, 0.5) is 5.69 Å². The van der Waals surface area contributed by atoms with Crippen LogP contribution in [0, 0.1) is 12.3 Å². The molecule has 3 rings (SSSR count). The Morgan fingerprint density at radius 1 is 1.30 bits per heavy atom. The summed E-state index contributed by atoms with van der Waals surface area (Å²) in [5, 5.41) is 13.2. The Bertz CT molecular complexity index is 601. The highest BCUT2D eigenvalue weighted by Gasteiger charge is 2.47. The summed E-state index contributed by atoms with van der Waals surface area (Å²) in [7, 11) is 0. The Kier molecular flexibility index (Phi) is 3.05. The van der Waals surface area contributed by atoms with Crippen LogP contribution in [-0.2, 0) is 0 Å². The minimum atomic E-state index is -0.211. The van der Waals surface area contributed by atoms with Crippen LogP contribution < -0.4 is 5.32 Å². The van der Waals surface area contributed by atoms with E-state index >= 15 is 0 Å². The number of nitrogens with one attached hydrogen (secondary N) is 1. The van der Waals surface area contributed by atoms with E-state index in [1.54, 1.807) is 6.26 Å². The van der Waals surface area contributed by atoms with Gasteiger partial charge < -0.3 is 14.8 Å². The molecule has 2 unspecified atom stereocenters. The number of aliphatic hydroxyl groups is 1. The minimum absolute atomic E-state index is 0.0676. The number of aromatic nitrogens is 1. The smallest absolute Gasteiger partial charge is 0.191 e. The maximum atomic E-state index is 9.76. The average Bonchev–Trinajstić information content (AvgIpc) is 2.86. The molecular formula is C16H20N2O2. The predicted octanol–water partition coefficient (Wildman–Crippen LogP) is 3.22. The molecule has 1 aromatic carbocycles. The highest BCUT2D eigenvalue weighted by molar-refractivity contribution is 5.62. The van der Waals surface area contributed by atoms with Crippen molar-refractivity contribution in [3.05, 3.63) is 36.4 Å². The molecule has 0 aliphatic heterocycles. The van der Waals surface area contributed by atoms with Crippen molar-refractivity contribution in [2.45, 2.75) is 39.3 Å². The van der Waals surface area contributed by atoms with E-state index in [0.29, 0.717) is 11.9 Å². The lowest BCUT2D eigenvalue weighted by molar-refractivity contribution is -0.0510. The van der Waals surface area contributed by atoms with Gasteiger partial charge in [-0.15, -0.1) is 0 Å². The molecular weight excluding hydrogens is 252 g/mol. The van der Waals surface area contributed by atoms with Gasteiger partial charge in [0.15, 0.2) is 5.89 Å². The second-order valence-electron chi connectivity index (χ2n) is 6.10. The van der Waals surface area contributed by atoms with Gasteiger partial charge in [-0.2, -0.15) is 0 Å². The lowest BCUT2D eigenvalue weighted by Crippen LogP contribution is -2.56. The first-order valence-corrected chi connectivity index (χ1v) is 6.94. The number of rotatable bonds is 3. The number of anilines is 1. The Hall–Kier alpha value is -1.81. The summed E-state index contributed by atoms with van der Waals surface area (Å²) in [5.74, 6) is 0.674. The monoisotopic (exact) mass is 272 g/mol. The summed E-state index contributed by atoms with van der Waals surface area (Å²) in [6, 6.07) is 8.46. The number of hydrogen-bond acceptors (Lipinski definition) is 4. The van der Waals surface area contributed by atoms with Crippen molar-refractivity contribution in [1.29, 1.82) is 0 Å². The molecule has 20 heavy (non-hydrogen) atoms. The lowest BCUT2D eigenvalue weighted by Gasteiger charge is -2.49. The fourth-order valence-electron chi connectivity index (χ4n) is 2.58. The van der Waals surface area contributed by atoms with E-state index in [0.717, 1.165) is 23.4 Å². The largest absolute Gasteiger partial charge is 0.449 e. The lowest BCUT2D eigenvalue weighted by atomic mass is 9.64. The van der Waals surface area contributed by atoms with Crippen molar-refractivity contribution in [3.8, 4) is 11.3 Å². The first-order valence-electron chi connectivity index (χ1n) is 6.94. The number of benzene rings is 1. The number of nitrogens with zero attached hydrogens (tertiary/aromatic N) is 1. The van der Waals surface area contributed by atoms with Gasteiger partial charge in [0.2, 0.25) is 0 Å². The van der Waals surface area contributed by atoms with Crippen LogP contribution in [0.15, 0.2) is 34.9 Å². The van der Waals surface area contributed by atoms with Crippen molar-refractivity contribution in [1.82, 2.24) is 4.98 Å². The fraction of sp³-hybridized carbons (Fsp3) is 0.438. The zero-order chi connectivity index (χ0) is 14.3. The van der Waals surface area contributed by atoms with Gasteiger partial charge in [0.05, 0.1) is 6.10 Å². The second kappa shape index (κ2) is 4.63. The molecule has 0 saturated heterocycles. The van der Waals surface area contributed by atoms with Crippen LogP contribution >= 0.6 is 0 Å². The van der Waals surface area contributed by atoms with Gasteiger partial charge in [0.1, 0.15) is 12.0 Å². The molecule has 4 nitrogen and oxygen atoms in total. The summed E-state index contributed by atoms with van der Waals surface area (Å²) in [4.78, 5) is 4.31. The molecule has 0 amide bonds. The van der Waals surface area contributed by atoms with Crippen LogP contribution in [0.25, 0.3) is 11.3 Å². The fourth-order valence-corrected chi connectivity index (χ4v) is 2.58. The van der Waals surface area contributed by atoms with E-state index in [9.17, 15) is 5.11 Å². The minimum Gasteiger partial charge on any atom is -0.449 e. The van der Waals surface area contributed by atoms with Crippen molar-refractivity contribution < 1.29 is 9.52 Å². The zero-order valence-electron chi connectivity index (χ0n) is 12.1. The molecule has 1 saturated carbocycles. The van der Waals surface area contributed by atoms with E-state index in [1.807, 2.05) is 31.2 Å². The van der Waals surface area contributed by atoms with Crippen LogP contribution in [0.2, 0.25) is 0 Å². The number of aryl methyl sites for hydroxylation is 1. The van der Waals surface area contributed by atoms with Gasteiger partial charge in [-0.25, -0.2) is 4.98 Å². The van der Waals surface area contributed by atoms with Crippen LogP contribution in [0.3, 0.4) is 0 Å². The highest BCUT2D eigenvalue weighted by atomic mass is 16.3. The molecule has 1 aliphatic rings. The van der Waals surface area contributed by atoms with Crippen molar-refractivity contribution in [3.63, 3.8) is 0 Å². The number of oxazole rings is 1. The Balaban J connectivity index is 1.71. The van der Waals surface area contributed by atoms with E-state index in [1.165, 1.54) is 0 Å². The molecule has 0 spiro atoms. The molecule has 106 valence electrons. The SMILES string of the molecule is Cc1nc(-c2ccc(NC3CC(O)C3(C)C)cc2)co1. The van der Waals surface area contributed by atoms with Gasteiger partial charge in [0, 0.05) is 29.6 Å². The molecule has 1 aliphatic carbocycles. The van der Waals surface area contributed by atoms with Gasteiger partial charge in [-0.1, -0.05) is 26.0 Å². The van der Waals surface area contributed by atoms with Crippen molar-refractivity contribution in [2.75, 3.05) is 5.32 Å². The number of hydrogen-bond donors (Lipinski definition) is 2. The topological polar surface area (TPSA) is 58.3 Å². The van der Waals surface area contributed by atoms with E-state index in [4.69, 9.17) is 4.42 Å². The molecule has 1 fully saturated rings. The first-order chi connectivity index (χ1) is 9.46. The van der Waals surface area contributed by atoms with Gasteiger partial charge in [0.25, 0.3) is 0 Å². The standard InChI is InChI=1S/C16H20N2O2/c1-10-17-13(9-20-10)11-4-6-12(7-5-11)18-14-8-15(19)16(14,2)3/h4-7,9,14-15,18-19H,8H2,1-3H3. The predicted molar refractivity (Wildman–Crippen MR) is 78.5 cm³/mol. The Morgan fingerprint density at radius 2 is 2.00 bits per heavy atom. The van der Waals surface area contributed by atoms with E-state index < -0.39 is 0 Å². The number of aliphatic hydroxyl groups excluding tert-OH is 1. The maximum Gasteiger partial charge on any atom is 0.191 e.